The Hall–Kier alpha value is -2.15. The molecule has 22 heavy (non-hydrogen) atoms. The first kappa shape index (κ1) is 16.2. The number of benzene rings is 1. The molecule has 7 heteroatoms. The fraction of sp³-hybridized carbons (Fsp3) is 0.533. The number of carbonyl (C=O) groups is 1. The molecule has 0 unspecified atom stereocenters. The minimum atomic E-state index is -0.703. The maximum absolute atomic E-state index is 11.9. The molecule has 1 aliphatic carbocycles. The third kappa shape index (κ3) is 4.17. The number of hydrogen-bond donors (Lipinski definition) is 2. The molecule has 0 heterocycles. The normalized spacial score (nSPS) is 21.3. The lowest BCUT2D eigenvalue weighted by Crippen LogP contribution is -2.29. The summed E-state index contributed by atoms with van der Waals surface area (Å²) in [6, 6.07) is 3.71. The van der Waals surface area contributed by atoms with Crippen molar-refractivity contribution in [2.75, 3.05) is 11.9 Å². The van der Waals surface area contributed by atoms with Crippen LogP contribution in [-0.4, -0.2) is 28.6 Å². The number of amides is 1. The SMILES string of the molecule is C[C@@H]1CCCC[C@@H]1OCC(=O)Nc1ccc(O)c([N+](=O)[O-])c1. The van der Waals surface area contributed by atoms with E-state index in [1.807, 2.05) is 0 Å². The van der Waals surface area contributed by atoms with Crippen molar-refractivity contribution in [1.82, 2.24) is 0 Å². The van der Waals surface area contributed by atoms with Crippen molar-refractivity contribution in [2.45, 2.75) is 38.7 Å². The van der Waals surface area contributed by atoms with Crippen LogP contribution in [0.5, 0.6) is 5.75 Å². The van der Waals surface area contributed by atoms with Crippen LogP contribution in [0.15, 0.2) is 18.2 Å². The fourth-order valence-electron chi connectivity index (χ4n) is 2.66. The van der Waals surface area contributed by atoms with Crippen LogP contribution >= 0.6 is 0 Å². The van der Waals surface area contributed by atoms with Gasteiger partial charge in [0.25, 0.3) is 0 Å². The zero-order valence-electron chi connectivity index (χ0n) is 12.4. The van der Waals surface area contributed by atoms with Gasteiger partial charge in [-0.3, -0.25) is 14.9 Å². The number of aromatic hydroxyl groups is 1. The number of nitrogens with one attached hydrogen (secondary N) is 1. The molecule has 1 aromatic rings. The summed E-state index contributed by atoms with van der Waals surface area (Å²) in [5.41, 5.74) is -0.186. The number of phenols is 1. The first-order valence-corrected chi connectivity index (χ1v) is 7.36. The number of phenolic OH excluding ortho intramolecular Hbond substituents is 1. The molecule has 1 aromatic carbocycles. The maximum Gasteiger partial charge on any atom is 0.312 e. The summed E-state index contributed by atoms with van der Waals surface area (Å²) in [6.45, 7) is 2.04. The summed E-state index contributed by atoms with van der Waals surface area (Å²) in [4.78, 5) is 21.9. The van der Waals surface area contributed by atoms with Gasteiger partial charge < -0.3 is 15.2 Å². The summed E-state index contributed by atoms with van der Waals surface area (Å²) >= 11 is 0. The van der Waals surface area contributed by atoms with Gasteiger partial charge in [0.05, 0.1) is 11.0 Å². The lowest BCUT2D eigenvalue weighted by atomic mass is 9.88. The van der Waals surface area contributed by atoms with Gasteiger partial charge in [-0.15, -0.1) is 0 Å². The smallest absolute Gasteiger partial charge is 0.312 e. The van der Waals surface area contributed by atoms with Crippen LogP contribution in [0, 0.1) is 16.0 Å². The molecule has 0 radical (unpaired) electrons. The molecule has 0 aromatic heterocycles. The highest BCUT2D eigenvalue weighted by atomic mass is 16.6. The summed E-state index contributed by atoms with van der Waals surface area (Å²) in [5.74, 6) is -0.357. The molecule has 0 saturated heterocycles. The van der Waals surface area contributed by atoms with E-state index >= 15 is 0 Å². The first-order valence-electron chi connectivity index (χ1n) is 7.36. The van der Waals surface area contributed by atoms with E-state index in [9.17, 15) is 20.0 Å². The highest BCUT2D eigenvalue weighted by molar-refractivity contribution is 5.92. The van der Waals surface area contributed by atoms with E-state index < -0.39 is 16.4 Å². The number of anilines is 1. The quantitative estimate of drug-likeness (QED) is 0.495. The zero-order chi connectivity index (χ0) is 16.1. The zero-order valence-corrected chi connectivity index (χ0v) is 12.4. The van der Waals surface area contributed by atoms with Crippen molar-refractivity contribution in [3.05, 3.63) is 28.3 Å². The molecule has 1 saturated carbocycles. The van der Waals surface area contributed by atoms with Crippen LogP contribution in [-0.2, 0) is 9.53 Å². The molecule has 120 valence electrons. The Labute approximate surface area is 128 Å². The standard InChI is InChI=1S/C15H20N2O5/c1-10-4-2-3-5-14(10)22-9-15(19)16-11-6-7-13(18)12(8-11)17(20)21/h6-8,10,14,18H,2-5,9H2,1H3,(H,16,19)/t10-,14+/m1/s1. The van der Waals surface area contributed by atoms with Gasteiger partial charge in [-0.2, -0.15) is 0 Å². The Balaban J connectivity index is 1.89. The summed E-state index contributed by atoms with van der Waals surface area (Å²) < 4.78 is 5.64. The summed E-state index contributed by atoms with van der Waals surface area (Å²) in [6.07, 6.45) is 4.47. The minimum absolute atomic E-state index is 0.0797. The van der Waals surface area contributed by atoms with Crippen LogP contribution < -0.4 is 5.32 Å². The molecule has 0 aliphatic heterocycles. The molecule has 0 spiro atoms. The maximum atomic E-state index is 11.9. The fourth-order valence-corrected chi connectivity index (χ4v) is 2.66. The van der Waals surface area contributed by atoms with Crippen LogP contribution in [0.3, 0.4) is 0 Å². The number of ether oxygens (including phenoxy) is 1. The van der Waals surface area contributed by atoms with Crippen LogP contribution in [0.4, 0.5) is 11.4 Å². The lowest BCUT2D eigenvalue weighted by molar-refractivity contribution is -0.385. The topological polar surface area (TPSA) is 102 Å². The van der Waals surface area contributed by atoms with E-state index in [1.54, 1.807) is 0 Å². The van der Waals surface area contributed by atoms with Crippen molar-refractivity contribution in [3.63, 3.8) is 0 Å². The molecule has 1 aliphatic rings. The molecular formula is C15H20N2O5. The van der Waals surface area contributed by atoms with E-state index in [1.165, 1.54) is 18.6 Å². The Kier molecular flexibility index (Phi) is 5.32. The number of carbonyl (C=O) groups excluding carboxylic acids is 1. The molecule has 2 atom stereocenters. The van der Waals surface area contributed by atoms with E-state index in [4.69, 9.17) is 4.74 Å². The van der Waals surface area contributed by atoms with Gasteiger partial charge in [0.15, 0.2) is 5.75 Å². The van der Waals surface area contributed by atoms with Crippen LogP contribution in [0.2, 0.25) is 0 Å². The van der Waals surface area contributed by atoms with Crippen LogP contribution in [0.1, 0.15) is 32.6 Å². The van der Waals surface area contributed by atoms with Crippen molar-refractivity contribution < 1.29 is 19.6 Å². The molecule has 0 bridgehead atoms. The first-order chi connectivity index (χ1) is 10.5. The second-order valence-electron chi connectivity index (χ2n) is 5.62. The van der Waals surface area contributed by atoms with E-state index in [2.05, 4.69) is 12.2 Å². The van der Waals surface area contributed by atoms with Gasteiger partial charge in [-0.05, 0) is 30.9 Å². The lowest BCUT2D eigenvalue weighted by Gasteiger charge is -2.28. The van der Waals surface area contributed by atoms with Crippen molar-refractivity contribution in [2.24, 2.45) is 5.92 Å². The largest absolute Gasteiger partial charge is 0.502 e. The second-order valence-corrected chi connectivity index (χ2v) is 5.62. The third-order valence-electron chi connectivity index (χ3n) is 3.92. The molecular weight excluding hydrogens is 288 g/mol. The monoisotopic (exact) mass is 308 g/mol. The van der Waals surface area contributed by atoms with Crippen molar-refractivity contribution >= 4 is 17.3 Å². The molecule has 2 N–H and O–H groups in total. The number of nitro groups is 1. The van der Waals surface area contributed by atoms with Gasteiger partial charge in [0, 0.05) is 11.8 Å². The van der Waals surface area contributed by atoms with Gasteiger partial charge in [-0.25, -0.2) is 0 Å². The van der Waals surface area contributed by atoms with Crippen molar-refractivity contribution in [1.29, 1.82) is 0 Å². The Morgan fingerprint density at radius 1 is 1.45 bits per heavy atom. The van der Waals surface area contributed by atoms with E-state index in [-0.39, 0.29) is 24.3 Å². The number of nitro benzene ring substituents is 1. The van der Waals surface area contributed by atoms with Gasteiger partial charge in [0.2, 0.25) is 5.91 Å². The molecule has 1 amide bonds. The number of hydrogen-bond acceptors (Lipinski definition) is 5. The van der Waals surface area contributed by atoms with Gasteiger partial charge in [0.1, 0.15) is 6.61 Å². The Bertz CT molecular complexity index is 561. The average Bonchev–Trinajstić information content (AvgIpc) is 2.48. The van der Waals surface area contributed by atoms with E-state index in [0.717, 1.165) is 25.3 Å². The van der Waals surface area contributed by atoms with Crippen molar-refractivity contribution in [3.8, 4) is 5.75 Å². The predicted octanol–water partition coefficient (Wildman–Crippen LogP) is 2.83. The molecule has 2 rings (SSSR count). The highest BCUT2D eigenvalue weighted by Gasteiger charge is 2.22. The number of nitrogens with zero attached hydrogens (tertiary/aromatic N) is 1. The summed E-state index contributed by atoms with van der Waals surface area (Å²) in [5, 5.41) is 22.6. The van der Waals surface area contributed by atoms with Gasteiger partial charge >= 0.3 is 5.69 Å². The summed E-state index contributed by atoms with van der Waals surface area (Å²) in [7, 11) is 0. The van der Waals surface area contributed by atoms with E-state index in [0.29, 0.717) is 5.92 Å². The van der Waals surface area contributed by atoms with Gasteiger partial charge in [-0.1, -0.05) is 19.8 Å². The second kappa shape index (κ2) is 7.22. The Morgan fingerprint density at radius 2 is 2.18 bits per heavy atom. The molecule has 1 fully saturated rings. The predicted molar refractivity (Wildman–Crippen MR) is 80.8 cm³/mol. The number of rotatable bonds is 5. The third-order valence-corrected chi connectivity index (χ3v) is 3.92. The average molecular weight is 308 g/mol. The minimum Gasteiger partial charge on any atom is -0.502 e. The molecule has 7 nitrogen and oxygen atoms in total. The Morgan fingerprint density at radius 3 is 2.86 bits per heavy atom. The highest BCUT2D eigenvalue weighted by Crippen LogP contribution is 2.29. The van der Waals surface area contributed by atoms with Crippen LogP contribution in [0.25, 0.3) is 0 Å².